The van der Waals surface area contributed by atoms with Crippen molar-refractivity contribution in [2.45, 2.75) is 43.0 Å². The highest BCUT2D eigenvalue weighted by Gasteiger charge is 2.06. The Morgan fingerprint density at radius 1 is 1.32 bits per heavy atom. The maximum atomic E-state index is 4.48. The molecule has 5 heteroatoms. The molecule has 3 nitrogen and oxygen atoms in total. The first kappa shape index (κ1) is 14.5. The lowest BCUT2D eigenvalue weighted by Crippen LogP contribution is -2.12. The summed E-state index contributed by atoms with van der Waals surface area (Å²) in [5, 5.41) is 3.36. The minimum absolute atomic E-state index is 0.901. The summed E-state index contributed by atoms with van der Waals surface area (Å²) < 4.78 is 5.33. The summed E-state index contributed by atoms with van der Waals surface area (Å²) in [6.07, 6.45) is 0.901. The Hall–Kier alpha value is -0.910. The molecule has 0 saturated heterocycles. The Balaban J connectivity index is 2.06. The van der Waals surface area contributed by atoms with Crippen LogP contribution in [0.5, 0.6) is 0 Å². The molecule has 0 radical (unpaired) electrons. The van der Waals surface area contributed by atoms with Crippen LogP contribution in [0.3, 0.4) is 0 Å². The van der Waals surface area contributed by atoms with Crippen molar-refractivity contribution in [1.82, 2.24) is 14.7 Å². The van der Waals surface area contributed by atoms with E-state index in [0.717, 1.165) is 29.7 Å². The third kappa shape index (κ3) is 4.03. The summed E-state index contributed by atoms with van der Waals surface area (Å²) in [6.45, 7) is 8.30. The van der Waals surface area contributed by atoms with Crippen molar-refractivity contribution in [2.24, 2.45) is 0 Å². The highest BCUT2D eigenvalue weighted by molar-refractivity contribution is 8.01. The van der Waals surface area contributed by atoms with Crippen LogP contribution in [0.15, 0.2) is 27.4 Å². The summed E-state index contributed by atoms with van der Waals surface area (Å²) in [4.78, 5) is 5.72. The van der Waals surface area contributed by atoms with Crippen LogP contribution in [0.4, 0.5) is 0 Å². The second-order valence-corrected chi connectivity index (χ2v) is 6.37. The van der Waals surface area contributed by atoms with Crippen LogP contribution < -0.4 is 5.32 Å². The van der Waals surface area contributed by atoms with Gasteiger partial charge in [0, 0.05) is 17.9 Å². The van der Waals surface area contributed by atoms with Gasteiger partial charge in [0.2, 0.25) is 0 Å². The predicted octanol–water partition coefficient (Wildman–Crippen LogP) is 3.67. The van der Waals surface area contributed by atoms with Crippen molar-refractivity contribution < 1.29 is 0 Å². The number of rotatable bonds is 6. The molecule has 0 aliphatic carbocycles. The first-order chi connectivity index (χ1) is 9.22. The van der Waals surface area contributed by atoms with E-state index in [1.54, 1.807) is 11.8 Å². The van der Waals surface area contributed by atoms with Gasteiger partial charge in [0.1, 0.15) is 5.82 Å². The Labute approximate surface area is 123 Å². The molecule has 102 valence electrons. The third-order valence-electron chi connectivity index (χ3n) is 2.85. The van der Waals surface area contributed by atoms with E-state index in [-0.39, 0.29) is 0 Å². The van der Waals surface area contributed by atoms with Crippen molar-refractivity contribution in [3.8, 4) is 0 Å². The number of hydrogen-bond acceptors (Lipinski definition) is 5. The zero-order chi connectivity index (χ0) is 13.7. The second-order valence-electron chi connectivity index (χ2n) is 4.30. The Morgan fingerprint density at radius 2 is 2.16 bits per heavy atom. The number of nitrogens with one attached hydrogen (secondary N) is 1. The van der Waals surface area contributed by atoms with Gasteiger partial charge in [0.15, 0.2) is 4.34 Å². The van der Waals surface area contributed by atoms with Gasteiger partial charge in [-0.1, -0.05) is 31.7 Å². The van der Waals surface area contributed by atoms with Crippen molar-refractivity contribution in [3.05, 3.63) is 35.2 Å². The second kappa shape index (κ2) is 7.03. The molecule has 2 aromatic rings. The Kier molecular flexibility index (Phi) is 5.36. The molecular formula is C14H19N3S2. The highest BCUT2D eigenvalue weighted by Crippen LogP contribution is 2.30. The van der Waals surface area contributed by atoms with Crippen LogP contribution in [0, 0.1) is 6.92 Å². The molecule has 19 heavy (non-hydrogen) atoms. The van der Waals surface area contributed by atoms with Crippen molar-refractivity contribution in [1.29, 1.82) is 0 Å². The quantitative estimate of drug-likeness (QED) is 0.882. The average Bonchev–Trinajstić information content (AvgIpc) is 2.85. The van der Waals surface area contributed by atoms with Gasteiger partial charge < -0.3 is 5.32 Å². The number of nitrogens with zero attached hydrogens (tertiary/aromatic N) is 2. The van der Waals surface area contributed by atoms with E-state index in [1.165, 1.54) is 27.6 Å². The van der Waals surface area contributed by atoms with Crippen LogP contribution in [0.2, 0.25) is 0 Å². The van der Waals surface area contributed by atoms with E-state index in [0.29, 0.717) is 0 Å². The molecule has 2 rings (SSSR count). The molecule has 0 atom stereocenters. The summed E-state index contributed by atoms with van der Waals surface area (Å²) in [6, 6.07) is 6.59. The van der Waals surface area contributed by atoms with E-state index in [9.17, 15) is 0 Å². The van der Waals surface area contributed by atoms with Crippen molar-refractivity contribution in [2.75, 3.05) is 6.54 Å². The van der Waals surface area contributed by atoms with Crippen LogP contribution >= 0.6 is 23.3 Å². The van der Waals surface area contributed by atoms with Gasteiger partial charge in [-0.3, -0.25) is 0 Å². The van der Waals surface area contributed by atoms with E-state index < -0.39 is 0 Å². The minimum Gasteiger partial charge on any atom is -0.313 e. The normalized spacial score (nSPS) is 10.9. The van der Waals surface area contributed by atoms with Gasteiger partial charge in [-0.2, -0.15) is 4.37 Å². The largest absolute Gasteiger partial charge is 0.313 e. The van der Waals surface area contributed by atoms with E-state index in [1.807, 2.05) is 0 Å². The maximum Gasteiger partial charge on any atom is 0.174 e. The van der Waals surface area contributed by atoms with Crippen molar-refractivity contribution >= 4 is 23.3 Å². The highest BCUT2D eigenvalue weighted by atomic mass is 32.2. The monoisotopic (exact) mass is 293 g/mol. The lowest BCUT2D eigenvalue weighted by molar-refractivity contribution is 0.723. The molecule has 0 fully saturated rings. The minimum atomic E-state index is 0.901. The lowest BCUT2D eigenvalue weighted by Gasteiger charge is -2.07. The molecule has 1 aromatic carbocycles. The maximum absolute atomic E-state index is 4.48. The molecule has 0 amide bonds. The van der Waals surface area contributed by atoms with E-state index >= 15 is 0 Å². The Morgan fingerprint density at radius 3 is 2.79 bits per heavy atom. The van der Waals surface area contributed by atoms with Crippen LogP contribution in [-0.2, 0) is 13.0 Å². The first-order valence-corrected chi connectivity index (χ1v) is 8.12. The SMILES string of the molecule is CCNCc1ccc(Sc2nc(CC)ns2)cc1C. The van der Waals surface area contributed by atoms with Gasteiger partial charge in [0.25, 0.3) is 0 Å². The fourth-order valence-electron chi connectivity index (χ4n) is 1.71. The summed E-state index contributed by atoms with van der Waals surface area (Å²) in [7, 11) is 0. The lowest BCUT2D eigenvalue weighted by atomic mass is 10.1. The molecule has 0 unspecified atom stereocenters. The molecule has 1 heterocycles. The van der Waals surface area contributed by atoms with Gasteiger partial charge in [-0.05, 0) is 48.3 Å². The summed E-state index contributed by atoms with van der Waals surface area (Å²) in [5.41, 5.74) is 2.68. The van der Waals surface area contributed by atoms with Gasteiger partial charge in [-0.25, -0.2) is 4.98 Å². The topological polar surface area (TPSA) is 37.8 Å². The summed E-state index contributed by atoms with van der Waals surface area (Å²) in [5.74, 6) is 0.938. The fraction of sp³-hybridized carbons (Fsp3) is 0.429. The number of hydrogen-bond donors (Lipinski definition) is 1. The molecule has 0 aliphatic heterocycles. The summed E-state index contributed by atoms with van der Waals surface area (Å²) >= 11 is 3.18. The third-order valence-corrected chi connectivity index (χ3v) is 4.63. The van der Waals surface area contributed by atoms with Gasteiger partial charge >= 0.3 is 0 Å². The molecule has 0 saturated carbocycles. The fourth-order valence-corrected chi connectivity index (χ4v) is 3.49. The predicted molar refractivity (Wildman–Crippen MR) is 82.0 cm³/mol. The number of aromatic nitrogens is 2. The molecule has 1 aromatic heterocycles. The van der Waals surface area contributed by atoms with Gasteiger partial charge in [0.05, 0.1) is 0 Å². The molecular weight excluding hydrogens is 274 g/mol. The number of aryl methyl sites for hydroxylation is 2. The molecule has 1 N–H and O–H groups in total. The van der Waals surface area contributed by atoms with E-state index in [2.05, 4.69) is 53.6 Å². The smallest absolute Gasteiger partial charge is 0.174 e. The average molecular weight is 293 g/mol. The van der Waals surface area contributed by atoms with Crippen molar-refractivity contribution in [3.63, 3.8) is 0 Å². The first-order valence-electron chi connectivity index (χ1n) is 6.53. The number of benzene rings is 1. The Bertz CT molecular complexity index is 537. The zero-order valence-electron chi connectivity index (χ0n) is 11.6. The standard InChI is InChI=1S/C14H19N3S2/c1-4-13-16-14(19-17-13)18-12-7-6-11(9-15-5-2)10(3)8-12/h6-8,15H,4-5,9H2,1-3H3. The van der Waals surface area contributed by atoms with E-state index in [4.69, 9.17) is 0 Å². The molecule has 0 spiro atoms. The van der Waals surface area contributed by atoms with Crippen LogP contribution in [0.25, 0.3) is 0 Å². The molecule has 0 aliphatic rings. The molecule has 0 bridgehead atoms. The van der Waals surface area contributed by atoms with Gasteiger partial charge in [-0.15, -0.1) is 0 Å². The zero-order valence-corrected chi connectivity index (χ0v) is 13.2. The van der Waals surface area contributed by atoms with Crippen LogP contribution in [-0.4, -0.2) is 15.9 Å². The van der Waals surface area contributed by atoms with Crippen LogP contribution in [0.1, 0.15) is 30.8 Å².